The molecule has 5 atom stereocenters. The highest BCUT2D eigenvalue weighted by Gasteiger charge is 2.43. The van der Waals surface area contributed by atoms with Crippen LogP contribution in [0.5, 0.6) is 0 Å². The van der Waals surface area contributed by atoms with Crippen molar-refractivity contribution >= 4 is 0 Å². The lowest BCUT2D eigenvalue weighted by Gasteiger charge is -2.23. The predicted molar refractivity (Wildman–Crippen MR) is 121 cm³/mol. The van der Waals surface area contributed by atoms with Gasteiger partial charge < -0.3 is 15.1 Å². The van der Waals surface area contributed by atoms with Crippen molar-refractivity contribution in [2.45, 2.75) is 64.1 Å². The number of unbranched alkanes of at least 4 members (excludes halogenated alkanes) is 2. The SMILES string of the molecule is Cc1cccc([C@@](C)(O)C=C[C@@H]2[C@H]3CC(CCCCCN(C)C)=C[C@H]3C[C@H]2O)c1. The molecule has 3 nitrogen and oxygen atoms in total. The molecular formula is C26H39NO2. The molecule has 2 aliphatic rings. The predicted octanol–water partition coefficient (Wildman–Crippen LogP) is 4.82. The molecule has 0 amide bonds. The molecule has 0 aromatic heterocycles. The first-order chi connectivity index (χ1) is 13.8. The van der Waals surface area contributed by atoms with Crippen LogP contribution in [0.1, 0.15) is 56.6 Å². The van der Waals surface area contributed by atoms with Crippen molar-refractivity contribution in [1.82, 2.24) is 4.90 Å². The van der Waals surface area contributed by atoms with Gasteiger partial charge in [-0.2, -0.15) is 0 Å². The molecule has 3 rings (SSSR count). The Bertz CT molecular complexity index is 734. The summed E-state index contributed by atoms with van der Waals surface area (Å²) in [6, 6.07) is 8.03. The Labute approximate surface area is 177 Å². The molecule has 2 N–H and O–H groups in total. The van der Waals surface area contributed by atoms with Gasteiger partial charge >= 0.3 is 0 Å². The summed E-state index contributed by atoms with van der Waals surface area (Å²) in [7, 11) is 4.27. The highest BCUT2D eigenvalue weighted by Crippen LogP contribution is 2.48. The normalized spacial score (nSPS) is 28.7. The second-order valence-corrected chi connectivity index (χ2v) is 9.73. The molecular weight excluding hydrogens is 358 g/mol. The smallest absolute Gasteiger partial charge is 0.105 e. The van der Waals surface area contributed by atoms with Gasteiger partial charge in [-0.05, 0) is 84.0 Å². The van der Waals surface area contributed by atoms with Crippen molar-refractivity contribution in [2.24, 2.45) is 17.8 Å². The Balaban J connectivity index is 1.56. The minimum absolute atomic E-state index is 0.138. The number of rotatable bonds is 9. The number of aryl methyl sites for hydroxylation is 1. The lowest BCUT2D eigenvalue weighted by Crippen LogP contribution is -2.21. The fraction of sp³-hybridized carbons (Fsp3) is 0.615. The number of aliphatic hydroxyl groups is 2. The van der Waals surface area contributed by atoms with E-state index >= 15 is 0 Å². The van der Waals surface area contributed by atoms with Crippen LogP contribution < -0.4 is 0 Å². The molecule has 0 bridgehead atoms. The summed E-state index contributed by atoms with van der Waals surface area (Å²) in [5.74, 6) is 1.13. The molecule has 3 heteroatoms. The number of aliphatic hydroxyl groups excluding tert-OH is 1. The van der Waals surface area contributed by atoms with Crippen LogP contribution >= 0.6 is 0 Å². The molecule has 1 saturated carbocycles. The number of benzene rings is 1. The summed E-state index contributed by atoms with van der Waals surface area (Å²) in [6.45, 7) is 5.05. The molecule has 160 valence electrons. The van der Waals surface area contributed by atoms with Crippen molar-refractivity contribution in [2.75, 3.05) is 20.6 Å². The van der Waals surface area contributed by atoms with E-state index in [1.54, 1.807) is 5.57 Å². The van der Waals surface area contributed by atoms with Crippen LogP contribution in [0.15, 0.2) is 48.1 Å². The topological polar surface area (TPSA) is 43.7 Å². The Kier molecular flexibility index (Phi) is 7.37. The van der Waals surface area contributed by atoms with Gasteiger partial charge in [0, 0.05) is 5.92 Å². The molecule has 0 spiro atoms. The average Bonchev–Trinajstić information content (AvgIpc) is 3.16. The van der Waals surface area contributed by atoms with Gasteiger partial charge in [0.1, 0.15) is 5.60 Å². The van der Waals surface area contributed by atoms with Crippen molar-refractivity contribution in [3.63, 3.8) is 0 Å². The number of fused-ring (bicyclic) bond motifs is 1. The lowest BCUT2D eigenvalue weighted by molar-refractivity contribution is 0.107. The maximum atomic E-state index is 11.0. The Morgan fingerprint density at radius 1 is 1.21 bits per heavy atom. The first-order valence-electron chi connectivity index (χ1n) is 11.3. The first kappa shape index (κ1) is 22.3. The third kappa shape index (κ3) is 5.81. The molecule has 0 saturated heterocycles. The Hall–Kier alpha value is -1.42. The third-order valence-corrected chi connectivity index (χ3v) is 6.80. The van der Waals surface area contributed by atoms with E-state index in [2.05, 4.69) is 31.1 Å². The molecule has 0 radical (unpaired) electrons. The van der Waals surface area contributed by atoms with Crippen LogP contribution in [0.4, 0.5) is 0 Å². The molecule has 1 aromatic carbocycles. The second-order valence-electron chi connectivity index (χ2n) is 9.73. The Morgan fingerprint density at radius 3 is 2.72 bits per heavy atom. The highest BCUT2D eigenvalue weighted by atomic mass is 16.3. The van der Waals surface area contributed by atoms with Crippen LogP contribution in [0.3, 0.4) is 0 Å². The summed E-state index contributed by atoms with van der Waals surface area (Å²) in [4.78, 5) is 2.25. The molecule has 0 aliphatic heterocycles. The highest BCUT2D eigenvalue weighted by molar-refractivity contribution is 5.31. The van der Waals surface area contributed by atoms with Crippen LogP contribution in [-0.4, -0.2) is 41.9 Å². The maximum absolute atomic E-state index is 11.0. The van der Waals surface area contributed by atoms with Crippen LogP contribution in [0, 0.1) is 24.7 Å². The van der Waals surface area contributed by atoms with Crippen LogP contribution in [0.25, 0.3) is 0 Å². The summed E-state index contributed by atoms with van der Waals surface area (Å²) in [5, 5.41) is 21.6. The summed E-state index contributed by atoms with van der Waals surface area (Å²) in [6.07, 6.45) is 13.1. The van der Waals surface area contributed by atoms with Gasteiger partial charge in [0.2, 0.25) is 0 Å². The van der Waals surface area contributed by atoms with Crippen molar-refractivity contribution in [1.29, 1.82) is 0 Å². The van der Waals surface area contributed by atoms with Gasteiger partial charge in [-0.15, -0.1) is 0 Å². The molecule has 1 fully saturated rings. The van der Waals surface area contributed by atoms with Crippen LogP contribution in [0.2, 0.25) is 0 Å². The van der Waals surface area contributed by atoms with Crippen molar-refractivity contribution in [3.8, 4) is 0 Å². The van der Waals surface area contributed by atoms with Crippen LogP contribution in [-0.2, 0) is 5.60 Å². The fourth-order valence-electron chi connectivity index (χ4n) is 5.10. The van der Waals surface area contributed by atoms with Gasteiger partial charge in [0.05, 0.1) is 6.10 Å². The first-order valence-corrected chi connectivity index (χ1v) is 11.3. The lowest BCUT2D eigenvalue weighted by atomic mass is 9.86. The van der Waals surface area contributed by atoms with E-state index in [4.69, 9.17) is 0 Å². The van der Waals surface area contributed by atoms with E-state index in [1.807, 2.05) is 44.2 Å². The van der Waals surface area contributed by atoms with E-state index in [0.717, 1.165) is 24.0 Å². The van der Waals surface area contributed by atoms with Gasteiger partial charge in [-0.3, -0.25) is 0 Å². The monoisotopic (exact) mass is 397 g/mol. The molecule has 0 unspecified atom stereocenters. The molecule has 1 aromatic rings. The number of hydrogen-bond donors (Lipinski definition) is 2. The molecule has 29 heavy (non-hydrogen) atoms. The van der Waals surface area contributed by atoms with Gasteiger partial charge in [-0.1, -0.05) is 60.1 Å². The van der Waals surface area contributed by atoms with E-state index in [0.29, 0.717) is 11.8 Å². The van der Waals surface area contributed by atoms with Gasteiger partial charge in [0.15, 0.2) is 0 Å². The number of nitrogens with zero attached hydrogens (tertiary/aromatic N) is 1. The van der Waals surface area contributed by atoms with Gasteiger partial charge in [-0.25, -0.2) is 0 Å². The maximum Gasteiger partial charge on any atom is 0.105 e. The van der Waals surface area contributed by atoms with E-state index in [1.165, 1.54) is 32.2 Å². The zero-order valence-corrected chi connectivity index (χ0v) is 18.6. The number of allylic oxidation sites excluding steroid dienone is 2. The molecule has 0 heterocycles. The number of hydrogen-bond acceptors (Lipinski definition) is 3. The van der Waals surface area contributed by atoms with E-state index < -0.39 is 5.60 Å². The van der Waals surface area contributed by atoms with Crippen molar-refractivity contribution < 1.29 is 10.2 Å². The zero-order valence-electron chi connectivity index (χ0n) is 18.6. The Morgan fingerprint density at radius 2 is 2.00 bits per heavy atom. The minimum atomic E-state index is -1.01. The van der Waals surface area contributed by atoms with Crippen molar-refractivity contribution in [3.05, 3.63) is 59.2 Å². The summed E-state index contributed by atoms with van der Waals surface area (Å²) in [5.41, 5.74) is 2.62. The minimum Gasteiger partial charge on any atom is -0.392 e. The second kappa shape index (κ2) is 9.59. The standard InChI is InChI=1S/C26H39NO2/c1-19-9-8-11-22(15-19)26(2,29)13-12-23-24-17-20(16-21(24)18-25(23)28)10-6-5-7-14-27(3)4/h8-9,11-13,15-16,21,23-25,28-29H,5-7,10,14,17-18H2,1-4H3/t21-,23+,24-,25+,26-/m0/s1. The summed E-state index contributed by atoms with van der Waals surface area (Å²) < 4.78 is 0. The third-order valence-electron chi connectivity index (χ3n) is 6.80. The largest absolute Gasteiger partial charge is 0.392 e. The van der Waals surface area contributed by atoms with E-state index in [9.17, 15) is 10.2 Å². The summed E-state index contributed by atoms with van der Waals surface area (Å²) >= 11 is 0. The quantitative estimate of drug-likeness (QED) is 0.464. The molecule has 2 aliphatic carbocycles. The van der Waals surface area contributed by atoms with Gasteiger partial charge in [0.25, 0.3) is 0 Å². The fourth-order valence-corrected chi connectivity index (χ4v) is 5.10. The van der Waals surface area contributed by atoms with E-state index in [-0.39, 0.29) is 12.0 Å². The average molecular weight is 398 g/mol. The zero-order chi connectivity index (χ0) is 21.0.